The molecule has 0 saturated heterocycles. The molecule has 150 valence electrons. The summed E-state index contributed by atoms with van der Waals surface area (Å²) in [6, 6.07) is 14.1. The molecule has 0 bridgehead atoms. The quantitative estimate of drug-likeness (QED) is 0.798. The first kappa shape index (κ1) is 20.4. The van der Waals surface area contributed by atoms with Crippen molar-refractivity contribution in [2.24, 2.45) is 0 Å². The summed E-state index contributed by atoms with van der Waals surface area (Å²) in [6.45, 7) is 3.59. The molecule has 1 amide bonds. The number of benzene rings is 2. The van der Waals surface area contributed by atoms with Crippen LogP contribution in [0.3, 0.4) is 0 Å². The molecule has 28 heavy (non-hydrogen) atoms. The van der Waals surface area contributed by atoms with Gasteiger partial charge in [0.05, 0.1) is 10.6 Å². The highest BCUT2D eigenvalue weighted by atomic mass is 32.2. The van der Waals surface area contributed by atoms with Crippen LogP contribution in [0.5, 0.6) is 0 Å². The van der Waals surface area contributed by atoms with Crippen molar-refractivity contribution in [2.75, 3.05) is 10.8 Å². The highest BCUT2D eigenvalue weighted by Crippen LogP contribution is 2.25. The van der Waals surface area contributed by atoms with Crippen molar-refractivity contribution in [1.29, 1.82) is 0 Å². The summed E-state index contributed by atoms with van der Waals surface area (Å²) < 4.78 is 27.9. The molecule has 0 atom stereocenters. The summed E-state index contributed by atoms with van der Waals surface area (Å²) in [4.78, 5) is 12.9. The van der Waals surface area contributed by atoms with E-state index in [9.17, 15) is 13.2 Å². The molecule has 1 N–H and O–H groups in total. The third kappa shape index (κ3) is 4.93. The zero-order valence-corrected chi connectivity index (χ0v) is 17.3. The second-order valence-electron chi connectivity index (χ2n) is 7.57. The second kappa shape index (κ2) is 8.78. The van der Waals surface area contributed by atoms with Gasteiger partial charge in [-0.05, 0) is 56.5 Å². The summed E-state index contributed by atoms with van der Waals surface area (Å²) >= 11 is 0. The zero-order chi connectivity index (χ0) is 20.1. The van der Waals surface area contributed by atoms with Gasteiger partial charge in [0.1, 0.15) is 6.54 Å². The van der Waals surface area contributed by atoms with Gasteiger partial charge in [-0.3, -0.25) is 9.10 Å². The number of hydrogen-bond donors (Lipinski definition) is 1. The van der Waals surface area contributed by atoms with E-state index in [0.29, 0.717) is 5.69 Å². The van der Waals surface area contributed by atoms with Crippen LogP contribution in [-0.2, 0) is 14.8 Å². The van der Waals surface area contributed by atoms with E-state index in [1.807, 2.05) is 19.9 Å². The van der Waals surface area contributed by atoms with Crippen LogP contribution in [-0.4, -0.2) is 26.9 Å². The van der Waals surface area contributed by atoms with Crippen molar-refractivity contribution in [2.45, 2.75) is 56.9 Å². The molecule has 1 aliphatic rings. The number of carbonyl (C=O) groups excluding carboxylic acids is 1. The van der Waals surface area contributed by atoms with E-state index < -0.39 is 10.0 Å². The molecular formula is C22H28N2O3S. The highest BCUT2D eigenvalue weighted by molar-refractivity contribution is 7.92. The molecule has 0 aromatic heterocycles. The van der Waals surface area contributed by atoms with Gasteiger partial charge < -0.3 is 5.32 Å². The minimum absolute atomic E-state index is 0.141. The molecule has 0 unspecified atom stereocenters. The van der Waals surface area contributed by atoms with Gasteiger partial charge in [0.2, 0.25) is 5.91 Å². The summed E-state index contributed by atoms with van der Waals surface area (Å²) in [5.41, 5.74) is 2.42. The minimum atomic E-state index is -3.85. The highest BCUT2D eigenvalue weighted by Gasteiger charge is 2.28. The fourth-order valence-electron chi connectivity index (χ4n) is 3.59. The minimum Gasteiger partial charge on any atom is -0.352 e. The lowest BCUT2D eigenvalue weighted by atomic mass is 9.95. The fourth-order valence-corrected chi connectivity index (χ4v) is 5.00. The predicted molar refractivity (Wildman–Crippen MR) is 112 cm³/mol. The van der Waals surface area contributed by atoms with Gasteiger partial charge in [-0.1, -0.05) is 49.1 Å². The van der Waals surface area contributed by atoms with Crippen LogP contribution < -0.4 is 9.62 Å². The number of aryl methyl sites for hydroxylation is 2. The lowest BCUT2D eigenvalue weighted by molar-refractivity contribution is -0.120. The molecule has 3 rings (SSSR count). The number of rotatable bonds is 6. The van der Waals surface area contributed by atoms with E-state index in [-0.39, 0.29) is 23.4 Å². The van der Waals surface area contributed by atoms with E-state index in [4.69, 9.17) is 0 Å². The summed E-state index contributed by atoms with van der Waals surface area (Å²) in [5, 5.41) is 3.02. The Morgan fingerprint density at radius 3 is 2.32 bits per heavy atom. The van der Waals surface area contributed by atoms with Gasteiger partial charge in [0.25, 0.3) is 10.0 Å². The molecule has 5 nitrogen and oxygen atoms in total. The average Bonchev–Trinajstić information content (AvgIpc) is 2.67. The fraction of sp³-hybridized carbons (Fsp3) is 0.409. The maximum atomic E-state index is 13.3. The van der Waals surface area contributed by atoms with Gasteiger partial charge in [0.15, 0.2) is 0 Å². The smallest absolute Gasteiger partial charge is 0.264 e. The standard InChI is InChI=1S/C22H28N2O3S/c1-17-11-13-21(14-12-17)28(26,27)24(20-10-6-7-18(2)15-20)16-22(25)23-19-8-4-3-5-9-19/h6-7,10-15,19H,3-5,8-9,16H2,1-2H3,(H,23,25). The Labute approximate surface area is 167 Å². The first-order chi connectivity index (χ1) is 13.4. The number of sulfonamides is 1. The van der Waals surface area contributed by atoms with Gasteiger partial charge in [-0.15, -0.1) is 0 Å². The summed E-state index contributed by atoms with van der Waals surface area (Å²) in [7, 11) is -3.85. The molecule has 0 spiro atoms. The van der Waals surface area contributed by atoms with Gasteiger partial charge in [-0.25, -0.2) is 8.42 Å². The monoisotopic (exact) mass is 400 g/mol. The Kier molecular flexibility index (Phi) is 6.39. The number of anilines is 1. The van der Waals surface area contributed by atoms with E-state index in [1.165, 1.54) is 10.7 Å². The van der Waals surface area contributed by atoms with Crippen LogP contribution in [0, 0.1) is 13.8 Å². The SMILES string of the molecule is Cc1ccc(S(=O)(=O)N(CC(=O)NC2CCCCC2)c2cccc(C)c2)cc1. The topological polar surface area (TPSA) is 66.5 Å². The molecule has 6 heteroatoms. The Hall–Kier alpha value is -2.34. The maximum absolute atomic E-state index is 13.3. The van der Waals surface area contributed by atoms with Crippen molar-refractivity contribution in [3.05, 3.63) is 59.7 Å². The summed E-state index contributed by atoms with van der Waals surface area (Å²) in [6.07, 6.45) is 5.33. The average molecular weight is 401 g/mol. The van der Waals surface area contributed by atoms with Crippen LogP contribution in [0.1, 0.15) is 43.2 Å². The van der Waals surface area contributed by atoms with Crippen LogP contribution in [0.15, 0.2) is 53.4 Å². The van der Waals surface area contributed by atoms with E-state index in [1.54, 1.807) is 42.5 Å². The Balaban J connectivity index is 1.88. The first-order valence-electron chi connectivity index (χ1n) is 9.82. The molecule has 1 aliphatic carbocycles. The van der Waals surface area contributed by atoms with Crippen molar-refractivity contribution < 1.29 is 13.2 Å². The Morgan fingerprint density at radius 2 is 1.68 bits per heavy atom. The lowest BCUT2D eigenvalue weighted by Gasteiger charge is -2.27. The normalized spacial score (nSPS) is 15.2. The second-order valence-corrected chi connectivity index (χ2v) is 9.43. The van der Waals surface area contributed by atoms with Gasteiger partial charge in [0, 0.05) is 6.04 Å². The first-order valence-corrected chi connectivity index (χ1v) is 11.3. The third-order valence-corrected chi connectivity index (χ3v) is 6.94. The van der Waals surface area contributed by atoms with Gasteiger partial charge >= 0.3 is 0 Å². The molecule has 1 saturated carbocycles. The van der Waals surface area contributed by atoms with Crippen molar-refractivity contribution in [3.8, 4) is 0 Å². The van der Waals surface area contributed by atoms with Crippen LogP contribution in [0.25, 0.3) is 0 Å². The van der Waals surface area contributed by atoms with Crippen molar-refractivity contribution in [3.63, 3.8) is 0 Å². The zero-order valence-electron chi connectivity index (χ0n) is 16.5. The van der Waals surface area contributed by atoms with E-state index >= 15 is 0 Å². The molecule has 2 aromatic rings. The molecule has 2 aromatic carbocycles. The largest absolute Gasteiger partial charge is 0.352 e. The predicted octanol–water partition coefficient (Wildman–Crippen LogP) is 3.95. The summed E-state index contributed by atoms with van der Waals surface area (Å²) in [5.74, 6) is -0.260. The molecule has 0 radical (unpaired) electrons. The van der Waals surface area contributed by atoms with Crippen LogP contribution >= 0.6 is 0 Å². The van der Waals surface area contributed by atoms with Crippen LogP contribution in [0.4, 0.5) is 5.69 Å². The number of amides is 1. The number of hydrogen-bond acceptors (Lipinski definition) is 3. The number of carbonyl (C=O) groups is 1. The lowest BCUT2D eigenvalue weighted by Crippen LogP contribution is -2.44. The van der Waals surface area contributed by atoms with E-state index in [2.05, 4.69) is 5.32 Å². The molecule has 0 aliphatic heterocycles. The Morgan fingerprint density at radius 1 is 1.00 bits per heavy atom. The van der Waals surface area contributed by atoms with Crippen molar-refractivity contribution in [1.82, 2.24) is 5.32 Å². The number of nitrogens with zero attached hydrogens (tertiary/aromatic N) is 1. The maximum Gasteiger partial charge on any atom is 0.264 e. The van der Waals surface area contributed by atoms with Crippen molar-refractivity contribution >= 4 is 21.6 Å². The molecular weight excluding hydrogens is 372 g/mol. The van der Waals surface area contributed by atoms with Crippen LogP contribution in [0.2, 0.25) is 0 Å². The third-order valence-electron chi connectivity index (χ3n) is 5.16. The van der Waals surface area contributed by atoms with E-state index in [0.717, 1.165) is 36.8 Å². The number of nitrogens with one attached hydrogen (secondary N) is 1. The molecule has 0 heterocycles. The molecule has 1 fully saturated rings. The van der Waals surface area contributed by atoms with Gasteiger partial charge in [-0.2, -0.15) is 0 Å². The Bertz CT molecular complexity index is 917.